The summed E-state index contributed by atoms with van der Waals surface area (Å²) in [6.45, 7) is 4.80. The van der Waals surface area contributed by atoms with Crippen molar-refractivity contribution in [3.63, 3.8) is 0 Å². The lowest BCUT2D eigenvalue weighted by molar-refractivity contribution is 0.423. The second kappa shape index (κ2) is 3.56. The summed E-state index contributed by atoms with van der Waals surface area (Å²) in [5.74, 6) is 0. The molecule has 0 saturated carbocycles. The molecule has 4 N–H and O–H groups in total. The third kappa shape index (κ3) is 1.68. The van der Waals surface area contributed by atoms with E-state index in [2.05, 4.69) is 25.3 Å². The molecule has 0 fully saturated rings. The van der Waals surface area contributed by atoms with Gasteiger partial charge in [-0.15, -0.1) is 11.3 Å². The van der Waals surface area contributed by atoms with Gasteiger partial charge in [-0.3, -0.25) is 0 Å². The lowest BCUT2D eigenvalue weighted by atomic mass is 9.83. The monoisotopic (exact) mass is 184 g/mol. The van der Waals surface area contributed by atoms with Crippen molar-refractivity contribution in [3.05, 3.63) is 22.4 Å². The molecule has 0 aromatic carbocycles. The van der Waals surface area contributed by atoms with Crippen LogP contribution in [0.3, 0.4) is 0 Å². The van der Waals surface area contributed by atoms with Gasteiger partial charge in [-0.25, -0.2) is 0 Å². The van der Waals surface area contributed by atoms with Crippen molar-refractivity contribution in [2.75, 3.05) is 6.54 Å². The van der Waals surface area contributed by atoms with Gasteiger partial charge >= 0.3 is 0 Å². The minimum Gasteiger partial charge on any atom is -0.329 e. The number of thiophene rings is 1. The van der Waals surface area contributed by atoms with E-state index in [-0.39, 0.29) is 11.5 Å². The highest BCUT2D eigenvalue weighted by molar-refractivity contribution is 7.10. The van der Waals surface area contributed by atoms with Crippen LogP contribution in [-0.2, 0) is 5.41 Å². The Morgan fingerprint density at radius 2 is 2.25 bits per heavy atom. The molecular formula is C9H16N2S. The second-order valence-electron chi connectivity index (χ2n) is 3.54. The molecule has 1 unspecified atom stereocenters. The van der Waals surface area contributed by atoms with Crippen LogP contribution in [0.4, 0.5) is 0 Å². The van der Waals surface area contributed by atoms with Gasteiger partial charge in [-0.2, -0.15) is 0 Å². The summed E-state index contributed by atoms with van der Waals surface area (Å²) in [6.07, 6.45) is 0. The van der Waals surface area contributed by atoms with Crippen molar-refractivity contribution in [3.8, 4) is 0 Å². The fraction of sp³-hybridized carbons (Fsp3) is 0.556. The Kier molecular flexibility index (Phi) is 2.88. The molecule has 1 aromatic rings. The molecule has 68 valence electrons. The number of rotatable bonds is 3. The molecule has 1 heterocycles. The van der Waals surface area contributed by atoms with Gasteiger partial charge in [0.25, 0.3) is 0 Å². The van der Waals surface area contributed by atoms with Crippen LogP contribution in [0.15, 0.2) is 17.5 Å². The van der Waals surface area contributed by atoms with E-state index in [9.17, 15) is 0 Å². The first-order valence-corrected chi connectivity index (χ1v) is 4.96. The van der Waals surface area contributed by atoms with Crippen LogP contribution in [0.25, 0.3) is 0 Å². The van der Waals surface area contributed by atoms with E-state index >= 15 is 0 Å². The van der Waals surface area contributed by atoms with Gasteiger partial charge in [0.05, 0.1) is 0 Å². The molecule has 1 rings (SSSR count). The largest absolute Gasteiger partial charge is 0.329 e. The van der Waals surface area contributed by atoms with Crippen LogP contribution >= 0.6 is 11.3 Å². The maximum Gasteiger partial charge on any atom is 0.0263 e. The average molecular weight is 184 g/mol. The highest BCUT2D eigenvalue weighted by atomic mass is 32.1. The fourth-order valence-corrected chi connectivity index (χ4v) is 2.04. The molecule has 0 aliphatic rings. The number of hydrogen-bond donors (Lipinski definition) is 2. The average Bonchev–Trinajstić information content (AvgIpc) is 2.55. The van der Waals surface area contributed by atoms with E-state index < -0.39 is 0 Å². The summed E-state index contributed by atoms with van der Waals surface area (Å²) in [5, 5.41) is 2.07. The van der Waals surface area contributed by atoms with Crippen molar-refractivity contribution < 1.29 is 0 Å². The molecule has 2 nitrogen and oxygen atoms in total. The van der Waals surface area contributed by atoms with E-state index in [1.54, 1.807) is 11.3 Å². The van der Waals surface area contributed by atoms with Gasteiger partial charge in [-0.1, -0.05) is 19.9 Å². The predicted molar refractivity (Wildman–Crippen MR) is 54.4 cm³/mol. The van der Waals surface area contributed by atoms with Crippen molar-refractivity contribution in [2.45, 2.75) is 25.3 Å². The van der Waals surface area contributed by atoms with Gasteiger partial charge in [0.1, 0.15) is 0 Å². The molecule has 0 spiro atoms. The molecule has 0 saturated heterocycles. The van der Waals surface area contributed by atoms with Crippen LogP contribution in [-0.4, -0.2) is 12.6 Å². The van der Waals surface area contributed by atoms with Crippen LogP contribution in [0.5, 0.6) is 0 Å². The Balaban J connectivity index is 2.85. The molecule has 3 heteroatoms. The molecule has 0 aliphatic heterocycles. The highest BCUT2D eigenvalue weighted by Crippen LogP contribution is 2.29. The van der Waals surface area contributed by atoms with E-state index in [0.717, 1.165) is 0 Å². The minimum absolute atomic E-state index is 0.00289. The zero-order valence-electron chi connectivity index (χ0n) is 7.58. The zero-order valence-corrected chi connectivity index (χ0v) is 8.40. The SMILES string of the molecule is CC(C)(c1cccs1)C(N)CN. The Bertz CT molecular complexity index is 229. The standard InChI is InChI=1S/C9H16N2S/c1-9(2,7(11)6-10)8-4-3-5-12-8/h3-5,7H,6,10-11H2,1-2H3. The Morgan fingerprint density at radius 3 is 2.67 bits per heavy atom. The molecule has 12 heavy (non-hydrogen) atoms. The van der Waals surface area contributed by atoms with E-state index in [0.29, 0.717) is 6.54 Å². The zero-order chi connectivity index (χ0) is 9.19. The first-order valence-electron chi connectivity index (χ1n) is 4.08. The maximum atomic E-state index is 5.92. The summed E-state index contributed by atoms with van der Waals surface area (Å²) >= 11 is 1.74. The highest BCUT2D eigenvalue weighted by Gasteiger charge is 2.28. The van der Waals surface area contributed by atoms with Crippen molar-refractivity contribution in [1.29, 1.82) is 0 Å². The normalized spacial score (nSPS) is 14.7. The van der Waals surface area contributed by atoms with Crippen LogP contribution in [0, 0.1) is 0 Å². The predicted octanol–water partition coefficient (Wildman–Crippen LogP) is 1.31. The van der Waals surface area contributed by atoms with Crippen LogP contribution in [0.2, 0.25) is 0 Å². The Labute approximate surface area is 77.6 Å². The molecule has 0 radical (unpaired) electrons. The van der Waals surface area contributed by atoms with E-state index in [1.807, 2.05) is 6.07 Å². The summed E-state index contributed by atoms with van der Waals surface area (Å²) in [6, 6.07) is 4.20. The number of hydrogen-bond acceptors (Lipinski definition) is 3. The fourth-order valence-electron chi connectivity index (χ4n) is 1.12. The van der Waals surface area contributed by atoms with Gasteiger partial charge < -0.3 is 11.5 Å². The lowest BCUT2D eigenvalue weighted by Gasteiger charge is -2.29. The molecule has 0 bridgehead atoms. The van der Waals surface area contributed by atoms with Gasteiger partial charge in [-0.05, 0) is 11.4 Å². The first kappa shape index (κ1) is 9.71. The Hall–Kier alpha value is -0.380. The van der Waals surface area contributed by atoms with Gasteiger partial charge in [0, 0.05) is 22.9 Å². The molecule has 1 aromatic heterocycles. The third-order valence-electron chi connectivity index (χ3n) is 2.34. The first-order chi connectivity index (χ1) is 5.59. The second-order valence-corrected chi connectivity index (χ2v) is 4.49. The summed E-state index contributed by atoms with van der Waals surface area (Å²) in [5.41, 5.74) is 11.5. The topological polar surface area (TPSA) is 52.0 Å². The summed E-state index contributed by atoms with van der Waals surface area (Å²) < 4.78 is 0. The summed E-state index contributed by atoms with van der Waals surface area (Å²) in [7, 11) is 0. The van der Waals surface area contributed by atoms with Gasteiger partial charge in [0.2, 0.25) is 0 Å². The maximum absolute atomic E-state index is 5.92. The van der Waals surface area contributed by atoms with E-state index in [4.69, 9.17) is 11.5 Å². The molecular weight excluding hydrogens is 168 g/mol. The van der Waals surface area contributed by atoms with Crippen LogP contribution in [0.1, 0.15) is 18.7 Å². The smallest absolute Gasteiger partial charge is 0.0263 e. The Morgan fingerprint density at radius 1 is 1.58 bits per heavy atom. The number of nitrogens with two attached hydrogens (primary N) is 2. The van der Waals surface area contributed by atoms with Crippen molar-refractivity contribution in [2.24, 2.45) is 11.5 Å². The van der Waals surface area contributed by atoms with E-state index in [1.165, 1.54) is 4.88 Å². The third-order valence-corrected chi connectivity index (χ3v) is 3.55. The van der Waals surface area contributed by atoms with Gasteiger partial charge in [0.15, 0.2) is 0 Å². The van der Waals surface area contributed by atoms with Crippen molar-refractivity contribution >= 4 is 11.3 Å². The molecule has 1 atom stereocenters. The molecule has 0 aliphatic carbocycles. The quantitative estimate of drug-likeness (QED) is 0.744. The lowest BCUT2D eigenvalue weighted by Crippen LogP contribution is -2.45. The minimum atomic E-state index is 0.00289. The summed E-state index contributed by atoms with van der Waals surface area (Å²) in [4.78, 5) is 1.31. The van der Waals surface area contributed by atoms with Crippen LogP contribution < -0.4 is 11.5 Å². The van der Waals surface area contributed by atoms with Crippen molar-refractivity contribution in [1.82, 2.24) is 0 Å². The molecule has 0 amide bonds.